The summed E-state index contributed by atoms with van der Waals surface area (Å²) in [5, 5.41) is 14.2. The highest BCUT2D eigenvalue weighted by Gasteiger charge is 2.21. The van der Waals surface area contributed by atoms with Crippen LogP contribution < -0.4 is 14.8 Å². The quantitative estimate of drug-likeness (QED) is 0.214. The van der Waals surface area contributed by atoms with Crippen molar-refractivity contribution in [1.29, 1.82) is 0 Å². The van der Waals surface area contributed by atoms with Gasteiger partial charge in [0.15, 0.2) is 5.65 Å². The molecule has 0 unspecified atom stereocenters. The molecular formula is C28H33N5O6S. The number of ether oxygens (including phenoxy) is 2. The maximum absolute atomic E-state index is 12.7. The van der Waals surface area contributed by atoms with Crippen LogP contribution in [0.2, 0.25) is 0 Å². The SMILES string of the molecule is CCOC(=O)Oc1ccc2ncn(CCC(C)(C)NC[C@H](O)c3cccc(NS(=O)(=O)c4ccccc4)c3)c2n1. The highest BCUT2D eigenvalue weighted by molar-refractivity contribution is 7.92. The minimum atomic E-state index is -3.74. The van der Waals surface area contributed by atoms with E-state index in [9.17, 15) is 18.3 Å². The lowest BCUT2D eigenvalue weighted by atomic mass is 9.99. The maximum Gasteiger partial charge on any atom is 0.515 e. The number of hydrogen-bond donors (Lipinski definition) is 3. The topological polar surface area (TPSA) is 145 Å². The summed E-state index contributed by atoms with van der Waals surface area (Å²) in [4.78, 5) is 20.5. The largest absolute Gasteiger partial charge is 0.515 e. The van der Waals surface area contributed by atoms with E-state index in [0.717, 1.165) is 0 Å². The van der Waals surface area contributed by atoms with Gasteiger partial charge in [-0.15, -0.1) is 0 Å². The monoisotopic (exact) mass is 567 g/mol. The highest BCUT2D eigenvalue weighted by Crippen LogP contribution is 2.22. The van der Waals surface area contributed by atoms with Gasteiger partial charge in [0.1, 0.15) is 5.52 Å². The lowest BCUT2D eigenvalue weighted by molar-refractivity contribution is 0.103. The van der Waals surface area contributed by atoms with E-state index >= 15 is 0 Å². The standard InChI is InChI=1S/C28H33N5O6S/c1-4-38-27(35)39-25-14-13-23-26(31-25)33(19-29-23)16-15-28(2,3)30-18-24(34)20-9-8-10-21(17-20)32-40(36,37)22-11-6-5-7-12-22/h5-14,17,19,24,30,32,34H,4,15-16,18H2,1-3H3/t24-/m0/s1. The number of nitrogens with zero attached hydrogens (tertiary/aromatic N) is 3. The van der Waals surface area contributed by atoms with Gasteiger partial charge in [0.2, 0.25) is 5.88 Å². The van der Waals surface area contributed by atoms with Crippen LogP contribution in [0.5, 0.6) is 5.88 Å². The van der Waals surface area contributed by atoms with E-state index in [4.69, 9.17) is 9.47 Å². The third kappa shape index (κ3) is 7.56. The summed E-state index contributed by atoms with van der Waals surface area (Å²) in [5.41, 5.74) is 1.82. The Balaban J connectivity index is 1.35. The molecule has 0 spiro atoms. The van der Waals surface area contributed by atoms with Crippen LogP contribution >= 0.6 is 0 Å². The normalized spacial score (nSPS) is 12.7. The number of aliphatic hydroxyl groups excluding tert-OH is 1. The molecule has 0 saturated heterocycles. The fourth-order valence-electron chi connectivity index (χ4n) is 3.98. The highest BCUT2D eigenvalue weighted by atomic mass is 32.2. The maximum atomic E-state index is 12.7. The van der Waals surface area contributed by atoms with Gasteiger partial charge in [-0.25, -0.2) is 18.2 Å². The van der Waals surface area contributed by atoms with Gasteiger partial charge >= 0.3 is 6.16 Å². The first-order valence-corrected chi connectivity index (χ1v) is 14.3. The molecule has 12 heteroatoms. The molecule has 2 heterocycles. The van der Waals surface area contributed by atoms with E-state index < -0.39 is 22.3 Å². The minimum Gasteiger partial charge on any atom is -0.434 e. The number of nitrogens with one attached hydrogen (secondary N) is 2. The second-order valence-corrected chi connectivity index (χ2v) is 11.5. The number of sulfonamides is 1. The van der Waals surface area contributed by atoms with E-state index in [2.05, 4.69) is 20.0 Å². The molecule has 4 rings (SSSR count). The van der Waals surface area contributed by atoms with Gasteiger partial charge in [0.05, 0.1) is 23.9 Å². The van der Waals surface area contributed by atoms with Crippen molar-refractivity contribution in [3.8, 4) is 5.88 Å². The van der Waals surface area contributed by atoms with Crippen LogP contribution in [0.15, 0.2) is 78.0 Å². The van der Waals surface area contributed by atoms with E-state index in [1.807, 2.05) is 18.4 Å². The Labute approximate surface area is 233 Å². The summed E-state index contributed by atoms with van der Waals surface area (Å²) in [6.07, 6.45) is 0.674. The molecule has 11 nitrogen and oxygen atoms in total. The number of aromatic nitrogens is 3. The molecule has 40 heavy (non-hydrogen) atoms. The van der Waals surface area contributed by atoms with Crippen LogP contribution in [0.3, 0.4) is 0 Å². The Morgan fingerprint density at radius 1 is 1.10 bits per heavy atom. The van der Waals surface area contributed by atoms with Crippen LogP contribution in [0.4, 0.5) is 10.5 Å². The van der Waals surface area contributed by atoms with Crippen LogP contribution in [-0.4, -0.2) is 52.9 Å². The molecule has 2 aromatic heterocycles. The van der Waals surface area contributed by atoms with Crippen molar-refractivity contribution in [2.75, 3.05) is 17.9 Å². The lowest BCUT2D eigenvalue weighted by Gasteiger charge is -2.28. The Morgan fingerprint density at radius 3 is 2.62 bits per heavy atom. The van der Waals surface area contributed by atoms with Crippen molar-refractivity contribution in [3.63, 3.8) is 0 Å². The minimum absolute atomic E-state index is 0.126. The number of benzene rings is 2. The summed E-state index contributed by atoms with van der Waals surface area (Å²) in [5.74, 6) is 0.126. The zero-order chi connectivity index (χ0) is 28.8. The molecule has 1 atom stereocenters. The molecule has 2 aromatic carbocycles. The van der Waals surface area contributed by atoms with Crippen molar-refractivity contribution in [2.24, 2.45) is 0 Å². The molecule has 0 fully saturated rings. The Hall–Kier alpha value is -4.00. The van der Waals surface area contributed by atoms with Crippen LogP contribution in [0, 0.1) is 0 Å². The number of aliphatic hydroxyl groups is 1. The van der Waals surface area contributed by atoms with E-state index in [1.54, 1.807) is 67.8 Å². The first-order valence-electron chi connectivity index (χ1n) is 12.8. The molecule has 0 bridgehead atoms. The average Bonchev–Trinajstić information content (AvgIpc) is 3.33. The number of hydrogen-bond acceptors (Lipinski definition) is 9. The summed E-state index contributed by atoms with van der Waals surface area (Å²) in [6.45, 7) is 6.75. The molecule has 0 amide bonds. The predicted molar refractivity (Wildman–Crippen MR) is 151 cm³/mol. The molecule has 0 saturated carbocycles. The molecule has 0 aliphatic carbocycles. The van der Waals surface area contributed by atoms with Gasteiger partial charge in [0, 0.05) is 30.4 Å². The average molecular weight is 568 g/mol. The zero-order valence-corrected chi connectivity index (χ0v) is 23.4. The van der Waals surface area contributed by atoms with E-state index in [0.29, 0.717) is 35.4 Å². The summed E-state index contributed by atoms with van der Waals surface area (Å²) in [6, 6.07) is 18.1. The number of imidazole rings is 1. The summed E-state index contributed by atoms with van der Waals surface area (Å²) >= 11 is 0. The molecule has 0 aliphatic rings. The van der Waals surface area contributed by atoms with Gasteiger partial charge in [-0.05, 0) is 63.1 Å². The fourth-order valence-corrected chi connectivity index (χ4v) is 5.05. The Kier molecular flexibility index (Phi) is 9.03. The molecule has 4 aromatic rings. The number of rotatable bonds is 12. The van der Waals surface area contributed by atoms with Crippen LogP contribution in [0.25, 0.3) is 11.2 Å². The molecular weight excluding hydrogens is 534 g/mol. The lowest BCUT2D eigenvalue weighted by Crippen LogP contribution is -2.42. The number of carbonyl (C=O) groups excluding carboxylic acids is 1. The molecule has 0 radical (unpaired) electrons. The number of pyridine rings is 1. The van der Waals surface area contributed by atoms with Crippen molar-refractivity contribution in [2.45, 2.75) is 50.3 Å². The smallest absolute Gasteiger partial charge is 0.434 e. The fraction of sp³-hybridized carbons (Fsp3) is 0.321. The van der Waals surface area contributed by atoms with E-state index in [-0.39, 0.29) is 29.5 Å². The van der Waals surface area contributed by atoms with Crippen LogP contribution in [0.1, 0.15) is 38.9 Å². The zero-order valence-electron chi connectivity index (χ0n) is 22.6. The Morgan fingerprint density at radius 2 is 1.88 bits per heavy atom. The first-order chi connectivity index (χ1) is 19.1. The van der Waals surface area contributed by atoms with Gasteiger partial charge in [-0.1, -0.05) is 30.3 Å². The van der Waals surface area contributed by atoms with Crippen molar-refractivity contribution in [1.82, 2.24) is 19.9 Å². The third-order valence-electron chi connectivity index (χ3n) is 6.22. The first kappa shape index (κ1) is 29.0. The number of carbonyl (C=O) groups is 1. The predicted octanol–water partition coefficient (Wildman–Crippen LogP) is 4.26. The van der Waals surface area contributed by atoms with Crippen LogP contribution in [-0.2, 0) is 21.3 Å². The van der Waals surface area contributed by atoms with E-state index in [1.165, 1.54) is 12.1 Å². The Bertz CT molecular complexity index is 1560. The molecule has 3 N–H and O–H groups in total. The second kappa shape index (κ2) is 12.5. The number of aryl methyl sites for hydroxylation is 1. The number of fused-ring (bicyclic) bond motifs is 1. The van der Waals surface area contributed by atoms with Crippen molar-refractivity contribution >= 4 is 33.0 Å². The van der Waals surface area contributed by atoms with Gasteiger partial charge in [-0.2, -0.15) is 4.98 Å². The van der Waals surface area contributed by atoms with Crippen molar-refractivity contribution in [3.05, 3.63) is 78.6 Å². The summed E-state index contributed by atoms with van der Waals surface area (Å²) in [7, 11) is -3.74. The van der Waals surface area contributed by atoms with Crippen molar-refractivity contribution < 1.29 is 27.8 Å². The molecule has 0 aliphatic heterocycles. The third-order valence-corrected chi connectivity index (χ3v) is 7.61. The number of anilines is 1. The second-order valence-electron chi connectivity index (χ2n) is 9.79. The molecule has 212 valence electrons. The van der Waals surface area contributed by atoms with Gasteiger partial charge in [-0.3, -0.25) is 4.72 Å². The van der Waals surface area contributed by atoms with Gasteiger partial charge in [0.25, 0.3) is 10.0 Å². The summed E-state index contributed by atoms with van der Waals surface area (Å²) < 4.78 is 39.7. The number of β-amino-alcohol motifs (C(OH)–C–C–N with tert-alkyl or cyclic N) is 1. The van der Waals surface area contributed by atoms with Gasteiger partial charge < -0.3 is 24.5 Å².